The maximum atomic E-state index is 11.8. The molecule has 0 atom stereocenters. The Labute approximate surface area is 112 Å². The number of hydrogen-bond donors (Lipinski definition) is 0. The molecule has 0 saturated heterocycles. The van der Waals surface area contributed by atoms with Gasteiger partial charge in [0.25, 0.3) is 0 Å². The molecule has 0 aromatic carbocycles. The predicted octanol–water partition coefficient (Wildman–Crippen LogP) is 4.31. The number of hydrogen-bond acceptors (Lipinski definition) is 1. The van der Waals surface area contributed by atoms with Gasteiger partial charge in [0.15, 0.2) is 0 Å². The molecule has 0 heterocycles. The molecular formula is C16H27NO. The van der Waals surface area contributed by atoms with E-state index in [1.54, 1.807) is 11.1 Å². The third-order valence-electron chi connectivity index (χ3n) is 2.73. The molecule has 1 amide bonds. The van der Waals surface area contributed by atoms with Crippen LogP contribution in [0.1, 0.15) is 47.5 Å². The van der Waals surface area contributed by atoms with Crippen molar-refractivity contribution in [3.63, 3.8) is 0 Å². The lowest BCUT2D eigenvalue weighted by atomic mass is 10.1. The van der Waals surface area contributed by atoms with Crippen molar-refractivity contribution in [3.05, 3.63) is 36.1 Å². The van der Waals surface area contributed by atoms with Gasteiger partial charge in [-0.3, -0.25) is 4.79 Å². The standard InChI is InChI=1S/C16H27NO/c1-7-17(16(18)14(4)5)12-11-15(6)10-8-9-13(2)3/h7,9,11,14H,1,8,10,12H2,2-6H3. The van der Waals surface area contributed by atoms with Crippen molar-refractivity contribution >= 4 is 5.91 Å². The summed E-state index contributed by atoms with van der Waals surface area (Å²) in [6, 6.07) is 0. The Bertz CT molecular complexity index is 333. The molecule has 102 valence electrons. The van der Waals surface area contributed by atoms with E-state index in [-0.39, 0.29) is 11.8 Å². The van der Waals surface area contributed by atoms with Crippen LogP contribution in [0.15, 0.2) is 36.1 Å². The fourth-order valence-electron chi connectivity index (χ4n) is 1.53. The number of carbonyl (C=O) groups excluding carboxylic acids is 1. The molecule has 2 nitrogen and oxygen atoms in total. The van der Waals surface area contributed by atoms with E-state index in [9.17, 15) is 4.79 Å². The van der Waals surface area contributed by atoms with Crippen LogP contribution in [-0.4, -0.2) is 17.4 Å². The lowest BCUT2D eigenvalue weighted by Gasteiger charge is -2.18. The minimum atomic E-state index is 0.0161. The summed E-state index contributed by atoms with van der Waals surface area (Å²) < 4.78 is 0. The van der Waals surface area contributed by atoms with Crippen molar-refractivity contribution in [2.45, 2.75) is 47.5 Å². The summed E-state index contributed by atoms with van der Waals surface area (Å²) >= 11 is 0. The molecule has 0 spiro atoms. The first-order valence-corrected chi connectivity index (χ1v) is 6.60. The van der Waals surface area contributed by atoms with Gasteiger partial charge in [0, 0.05) is 12.5 Å². The SMILES string of the molecule is C=CN(CC=C(C)CCC=C(C)C)C(=O)C(C)C. The van der Waals surface area contributed by atoms with Crippen LogP contribution in [0.3, 0.4) is 0 Å². The van der Waals surface area contributed by atoms with Crippen LogP contribution in [0.5, 0.6) is 0 Å². The topological polar surface area (TPSA) is 20.3 Å². The monoisotopic (exact) mass is 249 g/mol. The highest BCUT2D eigenvalue weighted by Gasteiger charge is 2.12. The molecule has 0 aromatic heterocycles. The van der Waals surface area contributed by atoms with Gasteiger partial charge in [-0.15, -0.1) is 0 Å². The Morgan fingerprint density at radius 2 is 1.83 bits per heavy atom. The average Bonchev–Trinajstić information content (AvgIpc) is 2.28. The van der Waals surface area contributed by atoms with Gasteiger partial charge < -0.3 is 4.90 Å². The molecule has 0 aliphatic rings. The number of nitrogens with zero attached hydrogens (tertiary/aromatic N) is 1. The highest BCUT2D eigenvalue weighted by atomic mass is 16.2. The van der Waals surface area contributed by atoms with Gasteiger partial charge >= 0.3 is 0 Å². The first-order valence-electron chi connectivity index (χ1n) is 6.60. The molecule has 18 heavy (non-hydrogen) atoms. The van der Waals surface area contributed by atoms with Crippen molar-refractivity contribution < 1.29 is 4.79 Å². The molecule has 0 N–H and O–H groups in total. The van der Waals surface area contributed by atoms with Gasteiger partial charge in [0.1, 0.15) is 0 Å². The number of rotatable bonds is 7. The molecule has 0 aromatic rings. The third kappa shape index (κ3) is 7.10. The Kier molecular flexibility index (Phi) is 8.10. The summed E-state index contributed by atoms with van der Waals surface area (Å²) in [5, 5.41) is 0. The molecule has 0 saturated carbocycles. The van der Waals surface area contributed by atoms with Gasteiger partial charge in [-0.25, -0.2) is 0 Å². The summed E-state index contributed by atoms with van der Waals surface area (Å²) in [6.45, 7) is 14.5. The smallest absolute Gasteiger partial charge is 0.229 e. The first kappa shape index (κ1) is 16.7. The molecule has 0 aliphatic heterocycles. The zero-order valence-electron chi connectivity index (χ0n) is 12.5. The predicted molar refractivity (Wildman–Crippen MR) is 79.2 cm³/mol. The highest BCUT2D eigenvalue weighted by molar-refractivity contribution is 5.79. The fourth-order valence-corrected chi connectivity index (χ4v) is 1.53. The molecule has 0 radical (unpaired) electrons. The van der Waals surface area contributed by atoms with Crippen LogP contribution >= 0.6 is 0 Å². The fraction of sp³-hybridized carbons (Fsp3) is 0.562. The van der Waals surface area contributed by atoms with Crippen molar-refractivity contribution in [1.82, 2.24) is 4.90 Å². The first-order chi connectivity index (χ1) is 8.38. The quantitative estimate of drug-likeness (QED) is 0.616. The van der Waals surface area contributed by atoms with Gasteiger partial charge in [-0.05, 0) is 39.8 Å². The summed E-state index contributed by atoms with van der Waals surface area (Å²) in [6.07, 6.45) is 8.08. The Balaban J connectivity index is 4.29. The molecule has 0 bridgehead atoms. The second-order valence-electron chi connectivity index (χ2n) is 5.20. The maximum absolute atomic E-state index is 11.8. The summed E-state index contributed by atoms with van der Waals surface area (Å²) in [7, 11) is 0. The average molecular weight is 249 g/mol. The molecule has 0 fully saturated rings. The second-order valence-corrected chi connectivity index (χ2v) is 5.20. The molecular weight excluding hydrogens is 222 g/mol. The minimum absolute atomic E-state index is 0.0161. The van der Waals surface area contributed by atoms with E-state index in [4.69, 9.17) is 0 Å². The lowest BCUT2D eigenvalue weighted by Crippen LogP contribution is -2.29. The molecule has 0 rings (SSSR count). The van der Waals surface area contributed by atoms with Crippen molar-refractivity contribution in [1.29, 1.82) is 0 Å². The van der Waals surface area contributed by atoms with Crippen LogP contribution in [0.25, 0.3) is 0 Å². The van der Waals surface area contributed by atoms with Crippen LogP contribution in [0.2, 0.25) is 0 Å². The normalized spacial score (nSPS) is 11.3. The van der Waals surface area contributed by atoms with Crippen LogP contribution in [-0.2, 0) is 4.79 Å². The second kappa shape index (κ2) is 8.73. The Morgan fingerprint density at radius 1 is 1.22 bits per heavy atom. The van der Waals surface area contributed by atoms with Gasteiger partial charge in [-0.2, -0.15) is 0 Å². The molecule has 0 aliphatic carbocycles. The van der Waals surface area contributed by atoms with E-state index in [2.05, 4.69) is 39.5 Å². The van der Waals surface area contributed by atoms with Crippen molar-refractivity contribution in [2.24, 2.45) is 5.92 Å². The van der Waals surface area contributed by atoms with Gasteiger partial charge in [0.05, 0.1) is 0 Å². The number of carbonyl (C=O) groups is 1. The van der Waals surface area contributed by atoms with E-state index >= 15 is 0 Å². The molecule has 2 heteroatoms. The minimum Gasteiger partial charge on any atom is -0.316 e. The van der Waals surface area contributed by atoms with Crippen molar-refractivity contribution in [2.75, 3.05) is 6.54 Å². The zero-order chi connectivity index (χ0) is 14.1. The van der Waals surface area contributed by atoms with Crippen LogP contribution in [0, 0.1) is 5.92 Å². The third-order valence-corrected chi connectivity index (χ3v) is 2.73. The highest BCUT2D eigenvalue weighted by Crippen LogP contribution is 2.08. The van der Waals surface area contributed by atoms with E-state index in [0.717, 1.165) is 12.8 Å². The summed E-state index contributed by atoms with van der Waals surface area (Å²) in [5.41, 5.74) is 2.67. The number of allylic oxidation sites excluding steroid dienone is 3. The van der Waals surface area contributed by atoms with Crippen LogP contribution in [0.4, 0.5) is 0 Å². The van der Waals surface area contributed by atoms with Gasteiger partial charge in [-0.1, -0.05) is 43.7 Å². The van der Waals surface area contributed by atoms with Crippen molar-refractivity contribution in [3.8, 4) is 0 Å². The largest absolute Gasteiger partial charge is 0.316 e. The maximum Gasteiger partial charge on any atom is 0.229 e. The van der Waals surface area contributed by atoms with E-state index in [1.165, 1.54) is 11.1 Å². The Morgan fingerprint density at radius 3 is 2.28 bits per heavy atom. The molecule has 0 unspecified atom stereocenters. The van der Waals surface area contributed by atoms with E-state index in [0.29, 0.717) is 6.54 Å². The van der Waals surface area contributed by atoms with Crippen LogP contribution < -0.4 is 0 Å². The number of amides is 1. The van der Waals surface area contributed by atoms with Gasteiger partial charge in [0.2, 0.25) is 5.91 Å². The lowest BCUT2D eigenvalue weighted by molar-refractivity contribution is -0.131. The zero-order valence-corrected chi connectivity index (χ0v) is 12.5. The summed E-state index contributed by atoms with van der Waals surface area (Å²) in [5.74, 6) is 0.140. The van der Waals surface area contributed by atoms with E-state index < -0.39 is 0 Å². The summed E-state index contributed by atoms with van der Waals surface area (Å²) in [4.78, 5) is 13.5. The van der Waals surface area contributed by atoms with E-state index in [1.807, 2.05) is 13.8 Å². The Hall–Kier alpha value is -1.31.